The molecule has 0 radical (unpaired) electrons. The average Bonchev–Trinajstić information content (AvgIpc) is 2.18. The second kappa shape index (κ2) is 4.11. The summed E-state index contributed by atoms with van der Waals surface area (Å²) in [6, 6.07) is 0.464. The van der Waals surface area contributed by atoms with E-state index in [0.717, 1.165) is 12.2 Å². The number of hydrazine groups is 1. The van der Waals surface area contributed by atoms with Gasteiger partial charge in [0.2, 0.25) is 0 Å². The molecule has 0 aromatic rings. The van der Waals surface area contributed by atoms with Gasteiger partial charge in [-0.2, -0.15) is 0 Å². The zero-order chi connectivity index (χ0) is 9.97. The fraction of sp³-hybridized carbons (Fsp3) is 0.700. The summed E-state index contributed by atoms with van der Waals surface area (Å²) in [6.07, 6.45) is 7.65. The molecule has 4 nitrogen and oxygen atoms in total. The van der Waals surface area contributed by atoms with E-state index in [1.165, 1.54) is 25.8 Å². The van der Waals surface area contributed by atoms with Crippen LogP contribution in [0.3, 0.4) is 0 Å². The SMILES string of the molecule is CN1CCCCC1C1=CN(N)CC=N1. The van der Waals surface area contributed by atoms with E-state index in [0.29, 0.717) is 6.04 Å². The molecule has 1 unspecified atom stereocenters. The lowest BCUT2D eigenvalue weighted by Crippen LogP contribution is -2.40. The molecule has 14 heavy (non-hydrogen) atoms. The number of likely N-dealkylation sites (N-methyl/N-ethyl adjacent to an activating group) is 1. The Bertz CT molecular complexity index is 259. The minimum Gasteiger partial charge on any atom is -0.311 e. The Kier molecular flexibility index (Phi) is 2.84. The lowest BCUT2D eigenvalue weighted by Gasteiger charge is -2.34. The Morgan fingerprint density at radius 1 is 1.50 bits per heavy atom. The molecule has 2 N–H and O–H groups in total. The maximum absolute atomic E-state index is 5.72. The number of aliphatic imine (C=N–C) groups is 1. The number of rotatable bonds is 1. The quantitative estimate of drug-likeness (QED) is 0.621. The van der Waals surface area contributed by atoms with E-state index >= 15 is 0 Å². The van der Waals surface area contributed by atoms with Crippen LogP contribution in [0.25, 0.3) is 0 Å². The van der Waals surface area contributed by atoms with Crippen LogP contribution < -0.4 is 5.84 Å². The highest BCUT2D eigenvalue weighted by Gasteiger charge is 2.23. The molecule has 0 amide bonds. The highest BCUT2D eigenvalue weighted by Crippen LogP contribution is 2.23. The van der Waals surface area contributed by atoms with Crippen LogP contribution >= 0.6 is 0 Å². The van der Waals surface area contributed by atoms with Gasteiger partial charge in [0.1, 0.15) is 0 Å². The predicted molar refractivity (Wildman–Crippen MR) is 57.7 cm³/mol. The molecule has 78 valence electrons. The molecule has 0 spiro atoms. The van der Waals surface area contributed by atoms with Crippen molar-refractivity contribution in [2.24, 2.45) is 10.8 Å². The number of likely N-dealkylation sites (tertiary alicyclic amines) is 1. The van der Waals surface area contributed by atoms with Crippen molar-refractivity contribution < 1.29 is 0 Å². The first-order valence-electron chi connectivity index (χ1n) is 5.23. The van der Waals surface area contributed by atoms with Gasteiger partial charge in [0, 0.05) is 12.4 Å². The standard InChI is InChI=1S/C10H18N4/c1-13-6-3-2-4-10(13)9-8-14(11)7-5-12-9/h5,8,10H,2-4,6-7,11H2,1H3. The van der Waals surface area contributed by atoms with Gasteiger partial charge < -0.3 is 5.01 Å². The van der Waals surface area contributed by atoms with Crippen molar-refractivity contribution in [1.82, 2.24) is 9.91 Å². The van der Waals surface area contributed by atoms with E-state index in [1.54, 1.807) is 5.01 Å². The largest absolute Gasteiger partial charge is 0.311 e. The van der Waals surface area contributed by atoms with Crippen LogP contribution in [0.5, 0.6) is 0 Å². The molecule has 0 bridgehead atoms. The monoisotopic (exact) mass is 194 g/mol. The van der Waals surface area contributed by atoms with Crippen LogP contribution in [0, 0.1) is 0 Å². The Hall–Kier alpha value is -0.870. The predicted octanol–water partition coefficient (Wildman–Crippen LogP) is 0.572. The topological polar surface area (TPSA) is 44.9 Å². The van der Waals surface area contributed by atoms with Crippen LogP contribution in [0.2, 0.25) is 0 Å². The van der Waals surface area contributed by atoms with E-state index in [9.17, 15) is 0 Å². The van der Waals surface area contributed by atoms with E-state index in [1.807, 2.05) is 12.4 Å². The van der Waals surface area contributed by atoms with Crippen molar-refractivity contribution >= 4 is 6.21 Å². The molecule has 4 heteroatoms. The molecule has 1 fully saturated rings. The third-order valence-corrected chi connectivity index (χ3v) is 2.94. The van der Waals surface area contributed by atoms with Crippen LogP contribution in [0.15, 0.2) is 16.9 Å². The number of piperidine rings is 1. The van der Waals surface area contributed by atoms with Crippen molar-refractivity contribution in [3.63, 3.8) is 0 Å². The van der Waals surface area contributed by atoms with Gasteiger partial charge in [-0.15, -0.1) is 0 Å². The first-order chi connectivity index (χ1) is 6.77. The second-order valence-corrected chi connectivity index (χ2v) is 4.05. The maximum atomic E-state index is 5.72. The summed E-state index contributed by atoms with van der Waals surface area (Å²) in [6.45, 7) is 1.89. The Morgan fingerprint density at radius 3 is 3.07 bits per heavy atom. The molecule has 2 aliphatic heterocycles. The van der Waals surface area contributed by atoms with Crippen molar-refractivity contribution in [3.05, 3.63) is 11.9 Å². The lowest BCUT2D eigenvalue weighted by atomic mass is 10.0. The molecular formula is C10H18N4. The smallest absolute Gasteiger partial charge is 0.0745 e. The van der Waals surface area contributed by atoms with Crippen molar-refractivity contribution in [2.45, 2.75) is 25.3 Å². The van der Waals surface area contributed by atoms with Gasteiger partial charge in [-0.25, -0.2) is 5.84 Å². The Balaban J connectivity index is 2.09. The van der Waals surface area contributed by atoms with E-state index in [2.05, 4.69) is 16.9 Å². The van der Waals surface area contributed by atoms with Gasteiger partial charge in [-0.05, 0) is 26.4 Å². The van der Waals surface area contributed by atoms with Crippen LogP contribution in [0.1, 0.15) is 19.3 Å². The summed E-state index contributed by atoms with van der Waals surface area (Å²) in [7, 11) is 2.16. The summed E-state index contributed by atoms with van der Waals surface area (Å²) in [5, 5.41) is 1.70. The minimum atomic E-state index is 0.464. The van der Waals surface area contributed by atoms with Crippen molar-refractivity contribution in [3.8, 4) is 0 Å². The van der Waals surface area contributed by atoms with Gasteiger partial charge in [0.25, 0.3) is 0 Å². The van der Waals surface area contributed by atoms with Crippen LogP contribution in [-0.4, -0.2) is 42.3 Å². The Morgan fingerprint density at radius 2 is 2.36 bits per heavy atom. The van der Waals surface area contributed by atoms with Crippen LogP contribution in [0.4, 0.5) is 0 Å². The van der Waals surface area contributed by atoms with Gasteiger partial charge in [-0.1, -0.05) is 6.42 Å². The molecule has 2 heterocycles. The maximum Gasteiger partial charge on any atom is 0.0745 e. The molecule has 0 aromatic heterocycles. The molecule has 1 atom stereocenters. The average molecular weight is 194 g/mol. The normalized spacial score (nSPS) is 29.1. The fourth-order valence-corrected chi connectivity index (χ4v) is 2.12. The van der Waals surface area contributed by atoms with Crippen molar-refractivity contribution in [1.29, 1.82) is 0 Å². The molecule has 2 rings (SSSR count). The lowest BCUT2D eigenvalue weighted by molar-refractivity contribution is 0.208. The number of hydrogen-bond donors (Lipinski definition) is 1. The molecule has 0 aromatic carbocycles. The third-order valence-electron chi connectivity index (χ3n) is 2.94. The summed E-state index contributed by atoms with van der Waals surface area (Å²) < 4.78 is 0. The summed E-state index contributed by atoms with van der Waals surface area (Å²) in [4.78, 5) is 6.79. The Labute approximate surface area is 85.0 Å². The number of nitrogens with zero attached hydrogens (tertiary/aromatic N) is 3. The molecule has 0 aliphatic carbocycles. The second-order valence-electron chi connectivity index (χ2n) is 4.05. The number of nitrogens with two attached hydrogens (primary N) is 1. The molecule has 2 aliphatic rings. The number of hydrogen-bond acceptors (Lipinski definition) is 4. The minimum absolute atomic E-state index is 0.464. The summed E-state index contributed by atoms with van der Waals surface area (Å²) in [5.74, 6) is 5.72. The van der Waals surface area contributed by atoms with Crippen LogP contribution in [-0.2, 0) is 0 Å². The van der Waals surface area contributed by atoms with Gasteiger partial charge in [-0.3, -0.25) is 9.89 Å². The van der Waals surface area contributed by atoms with Gasteiger partial charge >= 0.3 is 0 Å². The molecule has 1 saturated heterocycles. The zero-order valence-corrected chi connectivity index (χ0v) is 8.69. The van der Waals surface area contributed by atoms with E-state index in [4.69, 9.17) is 5.84 Å². The zero-order valence-electron chi connectivity index (χ0n) is 8.69. The van der Waals surface area contributed by atoms with Gasteiger partial charge in [0.15, 0.2) is 0 Å². The fourth-order valence-electron chi connectivity index (χ4n) is 2.12. The molecular weight excluding hydrogens is 176 g/mol. The van der Waals surface area contributed by atoms with Crippen molar-refractivity contribution in [2.75, 3.05) is 20.1 Å². The van der Waals surface area contributed by atoms with E-state index < -0.39 is 0 Å². The van der Waals surface area contributed by atoms with E-state index in [-0.39, 0.29) is 0 Å². The highest BCUT2D eigenvalue weighted by molar-refractivity contribution is 5.63. The van der Waals surface area contributed by atoms with Gasteiger partial charge in [0.05, 0.1) is 18.3 Å². The highest BCUT2D eigenvalue weighted by atomic mass is 15.4. The first kappa shape index (κ1) is 9.68. The first-order valence-corrected chi connectivity index (χ1v) is 5.23. The summed E-state index contributed by atoms with van der Waals surface area (Å²) >= 11 is 0. The summed E-state index contributed by atoms with van der Waals surface area (Å²) in [5.41, 5.74) is 1.11. The molecule has 0 saturated carbocycles. The third kappa shape index (κ3) is 1.96.